The van der Waals surface area contributed by atoms with E-state index in [1.807, 2.05) is 20.8 Å². The topological polar surface area (TPSA) is 47.6 Å². The van der Waals surface area contributed by atoms with Gasteiger partial charge in [0, 0.05) is 18.4 Å². The maximum atomic E-state index is 12.4. The number of fused-ring (bicyclic) bond motifs is 2. The maximum Gasteiger partial charge on any atom is 0.408 e. The molecular weight excluding hydrogens is 436 g/mol. The third-order valence-corrected chi connectivity index (χ3v) is 7.61. The summed E-state index contributed by atoms with van der Waals surface area (Å²) in [6.07, 6.45) is 17.1. The molecule has 1 amide bonds. The molecule has 1 aromatic rings. The molecule has 5 heteroatoms. The Labute approximate surface area is 214 Å². The molecule has 1 aromatic carbocycles. The fraction of sp³-hybridized carbons (Fsp3) is 0.767. The number of carbonyl (C=O) groups excluding carboxylic acids is 1. The van der Waals surface area contributed by atoms with E-state index < -0.39 is 5.60 Å². The summed E-state index contributed by atoms with van der Waals surface area (Å²) in [6.45, 7) is 9.68. The predicted molar refractivity (Wildman–Crippen MR) is 143 cm³/mol. The lowest BCUT2D eigenvalue weighted by Gasteiger charge is -2.36. The van der Waals surface area contributed by atoms with Crippen molar-refractivity contribution in [3.63, 3.8) is 0 Å². The number of nitrogens with one attached hydrogen (secondary N) is 1. The Kier molecular flexibility index (Phi) is 10.9. The average molecular weight is 488 g/mol. The van der Waals surface area contributed by atoms with Crippen molar-refractivity contribution in [2.45, 2.75) is 141 Å². The largest absolute Gasteiger partial charge is 0.444 e. The number of hydroxylamine groups is 3. The first-order valence-corrected chi connectivity index (χ1v) is 14.4. The normalized spacial score (nSPS) is 25.7. The first-order chi connectivity index (χ1) is 16.8. The zero-order valence-electron chi connectivity index (χ0n) is 22.9. The average Bonchev–Trinajstić information content (AvgIpc) is 3.31. The molecule has 2 heterocycles. The van der Waals surface area contributed by atoms with E-state index in [0.717, 1.165) is 19.5 Å². The van der Waals surface area contributed by atoms with Crippen molar-refractivity contribution >= 4 is 6.09 Å². The van der Waals surface area contributed by atoms with Crippen LogP contribution in [0, 0.1) is 0 Å². The number of piperidine rings is 1. The second kappa shape index (κ2) is 13.6. The first-order valence-electron chi connectivity index (χ1n) is 14.4. The van der Waals surface area contributed by atoms with E-state index in [9.17, 15) is 4.79 Å². The van der Waals surface area contributed by atoms with Crippen molar-refractivity contribution in [1.29, 1.82) is 0 Å². The van der Waals surface area contributed by atoms with Crippen LogP contribution in [0.3, 0.4) is 0 Å². The highest BCUT2D eigenvalue weighted by atomic mass is 16.7. The molecule has 198 valence electrons. The van der Waals surface area contributed by atoms with Crippen LogP contribution < -0.4 is 5.32 Å². The van der Waals surface area contributed by atoms with Gasteiger partial charge in [0.1, 0.15) is 36.9 Å². The Morgan fingerprint density at radius 2 is 1.57 bits per heavy atom. The number of ether oxygens (including phenoxy) is 1. The lowest BCUT2D eigenvalue weighted by Crippen LogP contribution is -2.56. The van der Waals surface area contributed by atoms with Crippen LogP contribution in [0.1, 0.15) is 117 Å². The molecule has 2 bridgehead atoms. The second-order valence-corrected chi connectivity index (χ2v) is 11.9. The molecule has 2 fully saturated rings. The summed E-state index contributed by atoms with van der Waals surface area (Å²) in [6, 6.07) is 11.2. The molecule has 1 N–H and O–H groups in total. The summed E-state index contributed by atoms with van der Waals surface area (Å²) >= 11 is 0. The van der Waals surface area contributed by atoms with Gasteiger partial charge in [0.25, 0.3) is 0 Å². The second-order valence-electron chi connectivity index (χ2n) is 11.9. The highest BCUT2D eigenvalue weighted by Gasteiger charge is 2.60. The maximum absolute atomic E-state index is 12.4. The molecule has 2 saturated heterocycles. The highest BCUT2D eigenvalue weighted by Crippen LogP contribution is 2.43. The fourth-order valence-electron chi connectivity index (χ4n) is 5.86. The molecule has 0 saturated carbocycles. The molecule has 35 heavy (non-hydrogen) atoms. The van der Waals surface area contributed by atoms with Gasteiger partial charge in [-0.1, -0.05) is 101 Å². The van der Waals surface area contributed by atoms with Gasteiger partial charge in [-0.05, 0) is 27.2 Å². The zero-order valence-corrected chi connectivity index (χ0v) is 22.9. The van der Waals surface area contributed by atoms with Gasteiger partial charge < -0.3 is 10.1 Å². The summed E-state index contributed by atoms with van der Waals surface area (Å²) in [7, 11) is 0. The van der Waals surface area contributed by atoms with Gasteiger partial charge in [0.05, 0.1) is 0 Å². The minimum absolute atomic E-state index is 0.0159. The molecule has 0 aromatic heterocycles. The molecule has 0 aliphatic carbocycles. The summed E-state index contributed by atoms with van der Waals surface area (Å²) < 4.78 is 6.16. The number of hydrogen-bond donors (Lipinski definition) is 1. The van der Waals surface area contributed by atoms with Crippen molar-refractivity contribution in [3.05, 3.63) is 35.9 Å². The summed E-state index contributed by atoms with van der Waals surface area (Å²) in [5.41, 5.74) is 0.812. The van der Waals surface area contributed by atoms with E-state index in [4.69, 9.17) is 9.57 Å². The first kappa shape index (κ1) is 28.0. The van der Waals surface area contributed by atoms with E-state index in [1.165, 1.54) is 82.6 Å². The number of carbonyl (C=O) groups is 1. The lowest BCUT2D eigenvalue weighted by atomic mass is 9.92. The van der Waals surface area contributed by atoms with E-state index in [0.29, 0.717) is 10.7 Å². The number of quaternary nitrogens is 1. The van der Waals surface area contributed by atoms with Crippen LogP contribution in [-0.4, -0.2) is 41.1 Å². The quantitative estimate of drug-likeness (QED) is 0.204. The summed E-state index contributed by atoms with van der Waals surface area (Å²) in [5, 5.41) is 3.11. The third kappa shape index (κ3) is 9.09. The fourth-order valence-corrected chi connectivity index (χ4v) is 5.86. The van der Waals surface area contributed by atoms with Crippen LogP contribution in [0.4, 0.5) is 4.79 Å². The van der Waals surface area contributed by atoms with Crippen molar-refractivity contribution in [2.24, 2.45) is 0 Å². The Hall–Kier alpha value is -1.59. The number of nitrogens with zero attached hydrogens (tertiary/aromatic N) is 1. The molecule has 2 aliphatic heterocycles. The van der Waals surface area contributed by atoms with Gasteiger partial charge in [0.15, 0.2) is 0 Å². The predicted octanol–water partition coefficient (Wildman–Crippen LogP) is 7.68. The monoisotopic (exact) mass is 487 g/mol. The van der Waals surface area contributed by atoms with Crippen LogP contribution >= 0.6 is 0 Å². The standard InChI is InChI=1S/C30H50N2O3/c1-5-6-7-8-9-10-11-12-13-14-18-21-26-22-28-27(31-29(33)34-30(2,3)4)24-32(26,35-28)23-25-19-16-15-17-20-25/h15-17,19-20,26-28H,5-14,18,21-24H2,1-4H3/p+1/t26-,27-,28+,32+/m0/s1. The molecule has 3 rings (SSSR count). The molecule has 2 aliphatic rings. The van der Waals surface area contributed by atoms with Crippen molar-refractivity contribution < 1.29 is 19.0 Å². The number of alkyl carbamates (subject to hydrolysis) is 1. The van der Waals surface area contributed by atoms with Gasteiger partial charge in [-0.15, -0.1) is 0 Å². The van der Waals surface area contributed by atoms with Gasteiger partial charge in [-0.2, -0.15) is 9.48 Å². The number of hydrogen-bond acceptors (Lipinski definition) is 3. The van der Waals surface area contributed by atoms with Gasteiger partial charge in [-0.25, -0.2) is 4.79 Å². The minimum atomic E-state index is -0.489. The Balaban J connectivity index is 1.44. The molecular formula is C30H51N2O3+. The summed E-state index contributed by atoms with van der Waals surface area (Å²) in [5.74, 6) is 0. The highest BCUT2D eigenvalue weighted by molar-refractivity contribution is 5.68. The third-order valence-electron chi connectivity index (χ3n) is 7.61. The number of benzene rings is 1. The van der Waals surface area contributed by atoms with Gasteiger partial charge in [0.2, 0.25) is 0 Å². The summed E-state index contributed by atoms with van der Waals surface area (Å²) in [4.78, 5) is 19.1. The minimum Gasteiger partial charge on any atom is -0.444 e. The Bertz CT molecular complexity index is 748. The molecule has 5 nitrogen and oxygen atoms in total. The van der Waals surface area contributed by atoms with E-state index >= 15 is 0 Å². The van der Waals surface area contributed by atoms with E-state index in [2.05, 4.69) is 42.6 Å². The van der Waals surface area contributed by atoms with E-state index in [-0.39, 0.29) is 18.2 Å². The molecule has 0 spiro atoms. The van der Waals surface area contributed by atoms with Crippen LogP contribution in [0.5, 0.6) is 0 Å². The zero-order chi connectivity index (χ0) is 25.2. The van der Waals surface area contributed by atoms with E-state index in [1.54, 1.807) is 0 Å². The number of rotatable bonds is 15. The molecule has 4 atom stereocenters. The van der Waals surface area contributed by atoms with Crippen LogP contribution in [0.2, 0.25) is 0 Å². The van der Waals surface area contributed by atoms with Gasteiger partial charge >= 0.3 is 6.09 Å². The van der Waals surface area contributed by atoms with Crippen molar-refractivity contribution in [3.8, 4) is 0 Å². The smallest absolute Gasteiger partial charge is 0.408 e. The van der Waals surface area contributed by atoms with Crippen LogP contribution in [-0.2, 0) is 16.1 Å². The number of amides is 1. The van der Waals surface area contributed by atoms with Crippen molar-refractivity contribution in [2.75, 3.05) is 6.54 Å². The molecule has 0 radical (unpaired) electrons. The van der Waals surface area contributed by atoms with Gasteiger partial charge in [-0.3, -0.25) is 0 Å². The Morgan fingerprint density at radius 1 is 0.971 bits per heavy atom. The number of unbranched alkanes of at least 4 members (excludes halogenated alkanes) is 10. The SMILES string of the molecule is CCCCCCCCCCCCC[C@H]1C[C@H]2O[N@+]1(Cc1ccccc1)C[C@@H]2NC(=O)OC(C)(C)C. The Morgan fingerprint density at radius 3 is 2.17 bits per heavy atom. The van der Waals surface area contributed by atoms with Crippen LogP contribution in [0.25, 0.3) is 0 Å². The van der Waals surface area contributed by atoms with Crippen LogP contribution in [0.15, 0.2) is 30.3 Å². The van der Waals surface area contributed by atoms with Crippen molar-refractivity contribution in [1.82, 2.24) is 5.32 Å². The lowest BCUT2D eigenvalue weighted by molar-refractivity contribution is -1.11. The molecule has 0 unspecified atom stereocenters.